The number of carbonyl (C=O) groups excluding carboxylic acids is 1. The van der Waals surface area contributed by atoms with Crippen molar-refractivity contribution in [3.8, 4) is 17.0 Å². The number of benzene rings is 1. The average Bonchev–Trinajstić information content (AvgIpc) is 2.88. The monoisotopic (exact) mass is 330 g/mol. The minimum absolute atomic E-state index is 0.0388. The molecule has 1 aromatic heterocycles. The topological polar surface area (TPSA) is 42.4 Å². The number of amides is 1. The van der Waals surface area contributed by atoms with Gasteiger partial charge in [-0.1, -0.05) is 19.8 Å². The van der Waals surface area contributed by atoms with Crippen LogP contribution in [-0.2, 0) is 4.79 Å². The van der Waals surface area contributed by atoms with E-state index in [2.05, 4.69) is 18.8 Å². The Hall–Kier alpha value is -1.88. The van der Waals surface area contributed by atoms with Crippen molar-refractivity contribution >= 4 is 22.9 Å². The van der Waals surface area contributed by atoms with E-state index in [0.29, 0.717) is 0 Å². The van der Waals surface area contributed by atoms with Crippen LogP contribution in [0.4, 0.5) is 5.69 Å². The Morgan fingerprint density at radius 1 is 1.30 bits per heavy atom. The Balaban J connectivity index is 1.96. The molecule has 2 aromatic rings. The second-order valence-corrected chi connectivity index (χ2v) is 7.27. The summed E-state index contributed by atoms with van der Waals surface area (Å²) in [5, 5.41) is 1.06. The number of anilines is 1. The van der Waals surface area contributed by atoms with Crippen LogP contribution in [0, 0.1) is 13.8 Å². The molecule has 0 aliphatic carbocycles. The summed E-state index contributed by atoms with van der Waals surface area (Å²) >= 11 is 1.70. The summed E-state index contributed by atoms with van der Waals surface area (Å²) in [5.41, 5.74) is 2.92. The van der Waals surface area contributed by atoms with Crippen molar-refractivity contribution in [3.05, 3.63) is 28.1 Å². The molecule has 1 aromatic carbocycles. The van der Waals surface area contributed by atoms with E-state index < -0.39 is 0 Å². The van der Waals surface area contributed by atoms with Gasteiger partial charge in [0.2, 0.25) is 0 Å². The minimum atomic E-state index is 0.0388. The fourth-order valence-electron chi connectivity index (χ4n) is 2.91. The van der Waals surface area contributed by atoms with E-state index in [4.69, 9.17) is 4.74 Å². The molecule has 3 rings (SSSR count). The number of ether oxygens (including phenoxy) is 1. The van der Waals surface area contributed by atoms with Gasteiger partial charge in [0.25, 0.3) is 5.91 Å². The lowest BCUT2D eigenvalue weighted by Gasteiger charge is -2.29. The van der Waals surface area contributed by atoms with Crippen LogP contribution in [-0.4, -0.2) is 24.0 Å². The van der Waals surface area contributed by atoms with Crippen molar-refractivity contribution in [3.63, 3.8) is 0 Å². The molecule has 0 radical (unpaired) electrons. The molecular weight excluding hydrogens is 308 g/mol. The molecule has 0 fully saturated rings. The maximum atomic E-state index is 12.3. The quantitative estimate of drug-likeness (QED) is 0.766. The van der Waals surface area contributed by atoms with Crippen molar-refractivity contribution in [2.75, 3.05) is 18.1 Å². The van der Waals surface area contributed by atoms with E-state index in [1.165, 1.54) is 4.88 Å². The standard InChI is InChI=1S/C18H22N2O2S/c1-4-5-6-9-20-15-10-14(18-12(2)23-13(3)19-18)7-8-16(15)22-11-17(20)21/h7-8,10H,4-6,9,11H2,1-3H3. The first-order valence-electron chi connectivity index (χ1n) is 8.11. The van der Waals surface area contributed by atoms with E-state index in [1.54, 1.807) is 11.3 Å². The van der Waals surface area contributed by atoms with Gasteiger partial charge in [-0.3, -0.25) is 4.79 Å². The predicted octanol–water partition coefficient (Wildman–Crippen LogP) is 4.34. The van der Waals surface area contributed by atoms with Crippen LogP contribution in [0.2, 0.25) is 0 Å². The highest BCUT2D eigenvalue weighted by molar-refractivity contribution is 7.11. The molecule has 0 saturated heterocycles. The van der Waals surface area contributed by atoms with Crippen molar-refractivity contribution in [1.82, 2.24) is 4.98 Å². The molecule has 2 heterocycles. The normalized spacial score (nSPS) is 13.9. The number of nitrogens with zero attached hydrogens (tertiary/aromatic N) is 2. The van der Waals surface area contributed by atoms with E-state index in [0.717, 1.165) is 53.5 Å². The first-order valence-corrected chi connectivity index (χ1v) is 8.93. The van der Waals surface area contributed by atoms with Crippen molar-refractivity contribution in [2.24, 2.45) is 0 Å². The molecule has 0 bridgehead atoms. The highest BCUT2D eigenvalue weighted by Gasteiger charge is 2.26. The lowest BCUT2D eigenvalue weighted by Crippen LogP contribution is -2.39. The highest BCUT2D eigenvalue weighted by Crippen LogP contribution is 2.37. The summed E-state index contributed by atoms with van der Waals surface area (Å²) in [6.45, 7) is 7.15. The fourth-order valence-corrected chi connectivity index (χ4v) is 3.75. The maximum absolute atomic E-state index is 12.3. The van der Waals surface area contributed by atoms with Crippen LogP contribution in [0.1, 0.15) is 36.1 Å². The number of rotatable bonds is 5. The van der Waals surface area contributed by atoms with Gasteiger partial charge in [-0.05, 0) is 38.5 Å². The zero-order valence-corrected chi connectivity index (χ0v) is 14.7. The minimum Gasteiger partial charge on any atom is -0.482 e. The van der Waals surface area contributed by atoms with Gasteiger partial charge >= 0.3 is 0 Å². The third-order valence-corrected chi connectivity index (χ3v) is 4.95. The van der Waals surface area contributed by atoms with Crippen molar-refractivity contribution in [2.45, 2.75) is 40.0 Å². The zero-order chi connectivity index (χ0) is 16.4. The summed E-state index contributed by atoms with van der Waals surface area (Å²) < 4.78 is 5.59. The highest BCUT2D eigenvalue weighted by atomic mass is 32.1. The van der Waals surface area contributed by atoms with Crippen molar-refractivity contribution in [1.29, 1.82) is 0 Å². The third kappa shape index (κ3) is 3.24. The number of aromatic nitrogens is 1. The molecule has 5 heteroatoms. The van der Waals surface area contributed by atoms with E-state index >= 15 is 0 Å². The van der Waals surface area contributed by atoms with Gasteiger partial charge in [-0.25, -0.2) is 4.98 Å². The van der Waals surface area contributed by atoms with Gasteiger partial charge in [-0.15, -0.1) is 11.3 Å². The fraction of sp³-hybridized carbons (Fsp3) is 0.444. The molecule has 1 amide bonds. The van der Waals surface area contributed by atoms with Gasteiger partial charge < -0.3 is 9.64 Å². The largest absolute Gasteiger partial charge is 0.482 e. The van der Waals surface area contributed by atoms with E-state index in [9.17, 15) is 4.79 Å². The number of unbranched alkanes of at least 4 members (excludes halogenated alkanes) is 2. The third-order valence-electron chi connectivity index (χ3n) is 4.06. The first-order chi connectivity index (χ1) is 11.1. The molecule has 1 aliphatic rings. The number of aryl methyl sites for hydroxylation is 2. The molecule has 1 aliphatic heterocycles. The Morgan fingerprint density at radius 2 is 2.13 bits per heavy atom. The number of hydrogen-bond acceptors (Lipinski definition) is 4. The Kier molecular flexibility index (Phi) is 4.66. The number of fused-ring (bicyclic) bond motifs is 1. The van der Waals surface area contributed by atoms with Crippen molar-refractivity contribution < 1.29 is 9.53 Å². The second-order valence-electron chi connectivity index (χ2n) is 5.86. The van der Waals surface area contributed by atoms with Gasteiger partial charge in [-0.2, -0.15) is 0 Å². The molecule has 0 atom stereocenters. The molecule has 4 nitrogen and oxygen atoms in total. The summed E-state index contributed by atoms with van der Waals surface area (Å²) in [6.07, 6.45) is 3.29. The summed E-state index contributed by atoms with van der Waals surface area (Å²) in [7, 11) is 0. The SMILES string of the molecule is CCCCCN1C(=O)COc2ccc(-c3nc(C)sc3C)cc21. The summed E-state index contributed by atoms with van der Waals surface area (Å²) in [5.74, 6) is 0.825. The van der Waals surface area contributed by atoms with Crippen LogP contribution in [0.3, 0.4) is 0 Å². The van der Waals surface area contributed by atoms with E-state index in [1.807, 2.05) is 30.0 Å². The lowest BCUT2D eigenvalue weighted by molar-refractivity contribution is -0.121. The molecule has 0 spiro atoms. The average molecular weight is 330 g/mol. The maximum Gasteiger partial charge on any atom is 0.265 e. The van der Waals surface area contributed by atoms with E-state index in [-0.39, 0.29) is 12.5 Å². The molecule has 23 heavy (non-hydrogen) atoms. The molecule has 0 N–H and O–H groups in total. The zero-order valence-electron chi connectivity index (χ0n) is 13.9. The van der Waals surface area contributed by atoms with Gasteiger partial charge in [0.05, 0.1) is 16.4 Å². The van der Waals surface area contributed by atoms with Gasteiger partial charge in [0.1, 0.15) is 5.75 Å². The van der Waals surface area contributed by atoms with Gasteiger partial charge in [0, 0.05) is 17.0 Å². The van der Waals surface area contributed by atoms with Crippen LogP contribution >= 0.6 is 11.3 Å². The Labute approximate surface area is 141 Å². The second kappa shape index (κ2) is 6.71. The van der Waals surface area contributed by atoms with Crippen LogP contribution < -0.4 is 9.64 Å². The number of carbonyl (C=O) groups is 1. The Bertz CT molecular complexity index is 724. The molecule has 0 unspecified atom stereocenters. The first kappa shape index (κ1) is 16.0. The summed E-state index contributed by atoms with van der Waals surface area (Å²) in [4.78, 5) is 19.9. The van der Waals surface area contributed by atoms with Crippen LogP contribution in [0.25, 0.3) is 11.3 Å². The lowest BCUT2D eigenvalue weighted by atomic mass is 10.1. The Morgan fingerprint density at radius 3 is 2.83 bits per heavy atom. The smallest absolute Gasteiger partial charge is 0.265 e. The molecule has 0 saturated carbocycles. The van der Waals surface area contributed by atoms with Gasteiger partial charge in [0.15, 0.2) is 6.61 Å². The molecular formula is C18H22N2O2S. The molecule has 122 valence electrons. The summed E-state index contributed by atoms with van der Waals surface area (Å²) in [6, 6.07) is 6.03. The van der Waals surface area contributed by atoms with Crippen LogP contribution in [0.5, 0.6) is 5.75 Å². The predicted molar refractivity (Wildman–Crippen MR) is 94.4 cm³/mol. The number of hydrogen-bond donors (Lipinski definition) is 0. The number of thiazole rings is 1. The van der Waals surface area contributed by atoms with Crippen LogP contribution in [0.15, 0.2) is 18.2 Å².